The lowest BCUT2D eigenvalue weighted by molar-refractivity contribution is -0.134. The number of carbonyl (C=O) groups is 1. The molecule has 0 atom stereocenters. The number of rotatable bonds is 8. The quantitative estimate of drug-likeness (QED) is 0.387. The van der Waals surface area contributed by atoms with Crippen LogP contribution in [0.15, 0.2) is 12.3 Å². The van der Waals surface area contributed by atoms with Crippen molar-refractivity contribution in [1.82, 2.24) is 10.2 Å². The molecule has 94 valence electrons. The van der Waals surface area contributed by atoms with Crippen LogP contribution in [0.4, 0.5) is 0 Å². The molecule has 16 heavy (non-hydrogen) atoms. The summed E-state index contributed by atoms with van der Waals surface area (Å²) in [6, 6.07) is 0.604. The fourth-order valence-corrected chi connectivity index (χ4v) is 1.12. The zero-order valence-electron chi connectivity index (χ0n) is 10.8. The monoisotopic (exact) mass is 228 g/mol. The maximum Gasteiger partial charge on any atom is 0.331 e. The summed E-state index contributed by atoms with van der Waals surface area (Å²) in [7, 11) is 3.50. The molecule has 0 aromatic rings. The fourth-order valence-electron chi connectivity index (χ4n) is 1.12. The summed E-state index contributed by atoms with van der Waals surface area (Å²) < 4.78 is 4.46. The van der Waals surface area contributed by atoms with E-state index in [0.717, 1.165) is 25.9 Å². The van der Waals surface area contributed by atoms with Gasteiger partial charge in [0.15, 0.2) is 0 Å². The largest absolute Gasteiger partial charge is 0.466 e. The van der Waals surface area contributed by atoms with Crippen molar-refractivity contribution >= 4 is 5.97 Å². The molecule has 0 spiro atoms. The van der Waals surface area contributed by atoms with Gasteiger partial charge in [0.05, 0.1) is 7.11 Å². The zero-order valence-corrected chi connectivity index (χ0v) is 10.8. The van der Waals surface area contributed by atoms with E-state index in [1.807, 2.05) is 0 Å². The van der Waals surface area contributed by atoms with Crippen molar-refractivity contribution in [1.29, 1.82) is 0 Å². The Bertz CT molecular complexity index is 215. The highest BCUT2D eigenvalue weighted by Crippen LogP contribution is 1.97. The first kappa shape index (κ1) is 15.0. The van der Waals surface area contributed by atoms with Gasteiger partial charge >= 0.3 is 5.97 Å². The van der Waals surface area contributed by atoms with Crippen molar-refractivity contribution in [2.45, 2.75) is 32.7 Å². The van der Waals surface area contributed by atoms with Crippen LogP contribution in [-0.4, -0.2) is 44.2 Å². The maximum absolute atomic E-state index is 10.7. The van der Waals surface area contributed by atoms with E-state index in [1.54, 1.807) is 6.20 Å². The summed E-state index contributed by atoms with van der Waals surface area (Å²) in [6.45, 7) is 6.38. The molecular formula is C12H24N2O2. The number of carbonyl (C=O) groups excluding carboxylic acids is 1. The van der Waals surface area contributed by atoms with Crippen LogP contribution in [0.2, 0.25) is 0 Å². The van der Waals surface area contributed by atoms with Crippen molar-refractivity contribution in [2.75, 3.05) is 27.2 Å². The SMILES string of the molecule is COC(=O)/C=C/NCCCCN(C)C(C)C. The normalized spacial score (nSPS) is 11.4. The highest BCUT2D eigenvalue weighted by Gasteiger charge is 2.01. The van der Waals surface area contributed by atoms with Gasteiger partial charge in [-0.3, -0.25) is 0 Å². The maximum atomic E-state index is 10.7. The van der Waals surface area contributed by atoms with E-state index in [2.05, 4.69) is 35.8 Å². The second kappa shape index (κ2) is 9.21. The Morgan fingerprint density at radius 2 is 2.12 bits per heavy atom. The summed E-state index contributed by atoms with van der Waals surface area (Å²) in [5, 5.41) is 3.05. The van der Waals surface area contributed by atoms with Crippen molar-refractivity contribution in [3.05, 3.63) is 12.3 Å². The van der Waals surface area contributed by atoms with Crippen molar-refractivity contribution in [3.8, 4) is 0 Å². The number of esters is 1. The minimum Gasteiger partial charge on any atom is -0.466 e. The Balaban J connectivity index is 3.34. The number of hydrogen-bond acceptors (Lipinski definition) is 4. The second-order valence-corrected chi connectivity index (χ2v) is 4.09. The molecule has 1 N–H and O–H groups in total. The molecule has 0 aliphatic heterocycles. The number of nitrogens with one attached hydrogen (secondary N) is 1. The van der Waals surface area contributed by atoms with E-state index in [-0.39, 0.29) is 5.97 Å². The highest BCUT2D eigenvalue weighted by atomic mass is 16.5. The van der Waals surface area contributed by atoms with Crippen molar-refractivity contribution in [3.63, 3.8) is 0 Å². The van der Waals surface area contributed by atoms with E-state index >= 15 is 0 Å². The molecule has 0 aliphatic rings. The minimum absolute atomic E-state index is 0.327. The average molecular weight is 228 g/mol. The molecule has 0 bridgehead atoms. The van der Waals surface area contributed by atoms with Gasteiger partial charge in [-0.05, 0) is 40.3 Å². The predicted molar refractivity (Wildman–Crippen MR) is 66.2 cm³/mol. The van der Waals surface area contributed by atoms with Crippen LogP contribution in [0, 0.1) is 0 Å². The van der Waals surface area contributed by atoms with Crippen molar-refractivity contribution < 1.29 is 9.53 Å². The van der Waals surface area contributed by atoms with E-state index in [0.29, 0.717) is 6.04 Å². The number of unbranched alkanes of at least 4 members (excludes halogenated alkanes) is 1. The molecule has 0 heterocycles. The number of ether oxygens (including phenoxy) is 1. The lowest BCUT2D eigenvalue weighted by Gasteiger charge is -2.20. The van der Waals surface area contributed by atoms with E-state index < -0.39 is 0 Å². The smallest absolute Gasteiger partial charge is 0.331 e. The molecule has 4 heteroatoms. The van der Waals surface area contributed by atoms with E-state index in [9.17, 15) is 4.79 Å². The third-order valence-corrected chi connectivity index (χ3v) is 2.50. The Kier molecular flexibility index (Phi) is 8.62. The van der Waals surface area contributed by atoms with Gasteiger partial charge in [0.25, 0.3) is 0 Å². The molecule has 0 saturated heterocycles. The molecule has 4 nitrogen and oxygen atoms in total. The topological polar surface area (TPSA) is 41.6 Å². The molecule has 0 radical (unpaired) electrons. The van der Waals surface area contributed by atoms with Crippen LogP contribution in [0.3, 0.4) is 0 Å². The molecule has 0 aromatic heterocycles. The van der Waals surface area contributed by atoms with Crippen LogP contribution in [0.25, 0.3) is 0 Å². The van der Waals surface area contributed by atoms with E-state index in [1.165, 1.54) is 13.2 Å². The molecular weight excluding hydrogens is 204 g/mol. The first-order chi connectivity index (χ1) is 7.57. The van der Waals surface area contributed by atoms with Gasteiger partial charge in [-0.25, -0.2) is 4.79 Å². The third kappa shape index (κ3) is 8.29. The second-order valence-electron chi connectivity index (χ2n) is 4.09. The van der Waals surface area contributed by atoms with Crippen LogP contribution >= 0.6 is 0 Å². The summed E-state index contributed by atoms with van der Waals surface area (Å²) >= 11 is 0. The molecule has 0 fully saturated rings. The molecule has 0 saturated carbocycles. The van der Waals surface area contributed by atoms with E-state index in [4.69, 9.17) is 0 Å². The fraction of sp³-hybridized carbons (Fsp3) is 0.750. The van der Waals surface area contributed by atoms with Crippen LogP contribution in [0.5, 0.6) is 0 Å². The van der Waals surface area contributed by atoms with Crippen LogP contribution < -0.4 is 5.32 Å². The Labute approximate surface area is 98.6 Å². The van der Waals surface area contributed by atoms with Crippen molar-refractivity contribution in [2.24, 2.45) is 0 Å². The van der Waals surface area contributed by atoms with Gasteiger partial charge in [0.2, 0.25) is 0 Å². The number of methoxy groups -OCH3 is 1. The lowest BCUT2D eigenvalue weighted by Crippen LogP contribution is -2.27. The minimum atomic E-state index is -0.327. The Hall–Kier alpha value is -1.03. The standard InChI is InChI=1S/C12H24N2O2/c1-11(2)14(3)10-6-5-8-13-9-7-12(15)16-4/h7,9,11,13H,5-6,8,10H2,1-4H3/b9-7+. The predicted octanol–water partition coefficient (Wildman–Crippen LogP) is 1.38. The third-order valence-electron chi connectivity index (χ3n) is 2.50. The average Bonchev–Trinajstić information content (AvgIpc) is 2.26. The first-order valence-corrected chi connectivity index (χ1v) is 5.76. The van der Waals surface area contributed by atoms with Crippen LogP contribution in [-0.2, 0) is 9.53 Å². The zero-order chi connectivity index (χ0) is 12.4. The summed E-state index contributed by atoms with van der Waals surface area (Å²) in [4.78, 5) is 13.0. The van der Waals surface area contributed by atoms with Gasteiger partial charge in [-0.1, -0.05) is 0 Å². The first-order valence-electron chi connectivity index (χ1n) is 5.76. The molecule has 0 aliphatic carbocycles. The molecule has 0 amide bonds. The Morgan fingerprint density at radius 3 is 2.69 bits per heavy atom. The summed E-state index contributed by atoms with van der Waals surface area (Å²) in [5.74, 6) is -0.327. The number of hydrogen-bond donors (Lipinski definition) is 1. The molecule has 0 aromatic carbocycles. The van der Waals surface area contributed by atoms with Gasteiger partial charge in [-0.2, -0.15) is 0 Å². The molecule has 0 unspecified atom stereocenters. The van der Waals surface area contributed by atoms with Gasteiger partial charge in [0, 0.05) is 24.9 Å². The highest BCUT2D eigenvalue weighted by molar-refractivity contribution is 5.81. The lowest BCUT2D eigenvalue weighted by atomic mass is 10.2. The summed E-state index contributed by atoms with van der Waals surface area (Å²) in [6.07, 6.45) is 5.29. The van der Waals surface area contributed by atoms with Gasteiger partial charge in [0.1, 0.15) is 0 Å². The summed E-state index contributed by atoms with van der Waals surface area (Å²) in [5.41, 5.74) is 0. The van der Waals surface area contributed by atoms with Gasteiger partial charge < -0.3 is 15.0 Å². The number of nitrogens with zero attached hydrogens (tertiary/aromatic N) is 1. The van der Waals surface area contributed by atoms with Gasteiger partial charge in [-0.15, -0.1) is 0 Å². The van der Waals surface area contributed by atoms with Crippen LogP contribution in [0.1, 0.15) is 26.7 Å². The molecule has 0 rings (SSSR count). The Morgan fingerprint density at radius 1 is 1.44 bits per heavy atom.